The van der Waals surface area contributed by atoms with Gasteiger partial charge in [-0.1, -0.05) is 6.92 Å². The van der Waals surface area contributed by atoms with Gasteiger partial charge in [-0.15, -0.1) is 0 Å². The first kappa shape index (κ1) is 11.4. The van der Waals surface area contributed by atoms with E-state index < -0.39 is 0 Å². The Kier molecular flexibility index (Phi) is 3.15. The van der Waals surface area contributed by atoms with Crippen LogP contribution >= 0.6 is 0 Å². The molecule has 2 unspecified atom stereocenters. The topological polar surface area (TPSA) is 21.3 Å². The van der Waals surface area contributed by atoms with Crippen LogP contribution in [0.1, 0.15) is 37.4 Å². The standard InChI is InChI=1S/C13H18FNO/c1-4-5-15-12-9(3)16-13-8(2)6-10(14)7-11(12)13/h6-7,9,12,15H,4-5H2,1-3H3. The molecule has 1 aromatic carbocycles. The Balaban J connectivity index is 2.32. The fourth-order valence-electron chi connectivity index (χ4n) is 2.23. The van der Waals surface area contributed by atoms with Crippen LogP contribution in [0.4, 0.5) is 4.39 Å². The second-order valence-corrected chi connectivity index (χ2v) is 4.40. The van der Waals surface area contributed by atoms with Crippen molar-refractivity contribution < 1.29 is 9.13 Å². The lowest BCUT2D eigenvalue weighted by molar-refractivity contribution is 0.209. The molecule has 0 bridgehead atoms. The minimum Gasteiger partial charge on any atom is -0.488 e. The lowest BCUT2D eigenvalue weighted by Crippen LogP contribution is -2.29. The van der Waals surface area contributed by atoms with Gasteiger partial charge in [0.1, 0.15) is 17.7 Å². The monoisotopic (exact) mass is 223 g/mol. The SMILES string of the molecule is CCCNC1c2cc(F)cc(C)c2OC1C. The van der Waals surface area contributed by atoms with E-state index in [0.29, 0.717) is 0 Å². The highest BCUT2D eigenvalue weighted by Crippen LogP contribution is 2.39. The van der Waals surface area contributed by atoms with E-state index in [1.165, 1.54) is 6.07 Å². The smallest absolute Gasteiger partial charge is 0.127 e. The predicted octanol–water partition coefficient (Wildman–Crippen LogP) is 2.96. The Hall–Kier alpha value is -1.09. The van der Waals surface area contributed by atoms with Gasteiger partial charge in [-0.25, -0.2) is 4.39 Å². The molecule has 88 valence electrons. The van der Waals surface area contributed by atoms with Crippen LogP contribution in [0.15, 0.2) is 12.1 Å². The quantitative estimate of drug-likeness (QED) is 0.850. The van der Waals surface area contributed by atoms with E-state index in [0.717, 1.165) is 29.8 Å². The largest absolute Gasteiger partial charge is 0.488 e. The average molecular weight is 223 g/mol. The van der Waals surface area contributed by atoms with Crippen molar-refractivity contribution in [3.63, 3.8) is 0 Å². The van der Waals surface area contributed by atoms with Crippen molar-refractivity contribution >= 4 is 0 Å². The van der Waals surface area contributed by atoms with Crippen molar-refractivity contribution in [2.45, 2.75) is 39.3 Å². The van der Waals surface area contributed by atoms with Gasteiger partial charge in [0.05, 0.1) is 6.04 Å². The Morgan fingerprint density at radius 1 is 1.44 bits per heavy atom. The van der Waals surface area contributed by atoms with Crippen LogP contribution in [-0.4, -0.2) is 12.6 Å². The maximum absolute atomic E-state index is 13.4. The molecule has 2 atom stereocenters. The van der Waals surface area contributed by atoms with Crippen LogP contribution in [0.25, 0.3) is 0 Å². The van der Waals surface area contributed by atoms with Crippen molar-refractivity contribution in [2.24, 2.45) is 0 Å². The number of rotatable bonds is 3. The molecule has 0 aliphatic carbocycles. The van der Waals surface area contributed by atoms with Crippen LogP contribution in [0.3, 0.4) is 0 Å². The number of hydrogen-bond acceptors (Lipinski definition) is 2. The van der Waals surface area contributed by atoms with Crippen LogP contribution < -0.4 is 10.1 Å². The number of aryl methyl sites for hydroxylation is 1. The molecule has 0 aromatic heterocycles. The first-order chi connectivity index (χ1) is 7.63. The zero-order valence-electron chi connectivity index (χ0n) is 10.0. The van der Waals surface area contributed by atoms with E-state index in [-0.39, 0.29) is 18.0 Å². The first-order valence-electron chi connectivity index (χ1n) is 5.83. The maximum Gasteiger partial charge on any atom is 0.127 e. The van der Waals surface area contributed by atoms with Crippen molar-refractivity contribution in [1.82, 2.24) is 5.32 Å². The van der Waals surface area contributed by atoms with Crippen LogP contribution in [0, 0.1) is 12.7 Å². The summed E-state index contributed by atoms with van der Waals surface area (Å²) in [5.74, 6) is 0.666. The molecule has 1 aliphatic rings. The third-order valence-electron chi connectivity index (χ3n) is 2.99. The molecular formula is C13H18FNO. The summed E-state index contributed by atoms with van der Waals surface area (Å²) < 4.78 is 19.1. The van der Waals surface area contributed by atoms with Gasteiger partial charge in [0.2, 0.25) is 0 Å². The normalized spacial score (nSPS) is 23.0. The van der Waals surface area contributed by atoms with Crippen molar-refractivity contribution in [2.75, 3.05) is 6.54 Å². The van der Waals surface area contributed by atoms with Gasteiger partial charge in [-0.05, 0) is 44.5 Å². The lowest BCUT2D eigenvalue weighted by Gasteiger charge is -2.16. The maximum atomic E-state index is 13.4. The number of nitrogens with one attached hydrogen (secondary N) is 1. The number of benzene rings is 1. The summed E-state index contributed by atoms with van der Waals surface area (Å²) in [5, 5.41) is 3.40. The highest BCUT2D eigenvalue weighted by molar-refractivity contribution is 5.46. The number of halogens is 1. The third kappa shape index (κ3) is 1.92. The van der Waals surface area contributed by atoms with Crippen molar-refractivity contribution in [1.29, 1.82) is 0 Å². The molecule has 2 nitrogen and oxygen atoms in total. The van der Waals surface area contributed by atoms with Crippen molar-refractivity contribution in [3.8, 4) is 5.75 Å². The van der Waals surface area contributed by atoms with Gasteiger partial charge in [-0.3, -0.25) is 0 Å². The Labute approximate surface area is 95.8 Å². The highest BCUT2D eigenvalue weighted by Gasteiger charge is 2.32. The summed E-state index contributed by atoms with van der Waals surface area (Å²) in [6.45, 7) is 6.94. The molecule has 1 N–H and O–H groups in total. The molecule has 1 aliphatic heterocycles. The average Bonchev–Trinajstić information content (AvgIpc) is 2.53. The molecule has 0 fully saturated rings. The molecule has 2 rings (SSSR count). The van der Waals surface area contributed by atoms with Gasteiger partial charge in [-0.2, -0.15) is 0 Å². The molecule has 1 aromatic rings. The minimum absolute atomic E-state index is 0.0713. The lowest BCUT2D eigenvalue weighted by atomic mass is 10.0. The number of fused-ring (bicyclic) bond motifs is 1. The van der Waals surface area contributed by atoms with Gasteiger partial charge in [0.15, 0.2) is 0 Å². The number of hydrogen-bond donors (Lipinski definition) is 1. The zero-order chi connectivity index (χ0) is 11.7. The van der Waals surface area contributed by atoms with E-state index in [1.54, 1.807) is 6.07 Å². The van der Waals surface area contributed by atoms with Crippen molar-refractivity contribution in [3.05, 3.63) is 29.1 Å². The molecule has 0 spiro atoms. The van der Waals surface area contributed by atoms with Crippen LogP contribution in [0.2, 0.25) is 0 Å². The van der Waals surface area contributed by atoms with E-state index in [9.17, 15) is 4.39 Å². The molecule has 0 radical (unpaired) electrons. The van der Waals surface area contributed by atoms with E-state index in [4.69, 9.17) is 4.74 Å². The second-order valence-electron chi connectivity index (χ2n) is 4.40. The van der Waals surface area contributed by atoms with Crippen LogP contribution in [0.5, 0.6) is 5.75 Å². The molecule has 1 heterocycles. The second kappa shape index (κ2) is 4.42. The van der Waals surface area contributed by atoms with E-state index in [1.807, 2.05) is 13.8 Å². The fourth-order valence-corrected chi connectivity index (χ4v) is 2.23. The van der Waals surface area contributed by atoms with Gasteiger partial charge < -0.3 is 10.1 Å². The number of ether oxygens (including phenoxy) is 1. The highest BCUT2D eigenvalue weighted by atomic mass is 19.1. The Morgan fingerprint density at radius 3 is 2.88 bits per heavy atom. The van der Waals surface area contributed by atoms with Gasteiger partial charge >= 0.3 is 0 Å². The predicted molar refractivity (Wildman–Crippen MR) is 62.3 cm³/mol. The Morgan fingerprint density at radius 2 is 2.19 bits per heavy atom. The summed E-state index contributed by atoms with van der Waals surface area (Å²) in [4.78, 5) is 0. The summed E-state index contributed by atoms with van der Waals surface area (Å²) >= 11 is 0. The van der Waals surface area contributed by atoms with E-state index in [2.05, 4.69) is 12.2 Å². The van der Waals surface area contributed by atoms with E-state index >= 15 is 0 Å². The summed E-state index contributed by atoms with van der Waals surface area (Å²) in [6.07, 6.45) is 1.13. The third-order valence-corrected chi connectivity index (χ3v) is 2.99. The summed E-state index contributed by atoms with van der Waals surface area (Å²) in [7, 11) is 0. The first-order valence-corrected chi connectivity index (χ1v) is 5.83. The Bertz CT molecular complexity index is 392. The zero-order valence-corrected chi connectivity index (χ0v) is 10.0. The fraction of sp³-hybridized carbons (Fsp3) is 0.538. The molecule has 0 saturated carbocycles. The molecule has 3 heteroatoms. The molecule has 16 heavy (non-hydrogen) atoms. The van der Waals surface area contributed by atoms with Gasteiger partial charge in [0.25, 0.3) is 0 Å². The molecular weight excluding hydrogens is 205 g/mol. The summed E-state index contributed by atoms with van der Waals surface area (Å²) in [5.41, 5.74) is 1.83. The minimum atomic E-state index is -0.183. The molecule has 0 amide bonds. The molecule has 0 saturated heterocycles. The summed E-state index contributed by atoms with van der Waals surface area (Å²) in [6, 6.07) is 3.22. The van der Waals surface area contributed by atoms with Crippen LogP contribution in [-0.2, 0) is 0 Å². The van der Waals surface area contributed by atoms with Gasteiger partial charge in [0, 0.05) is 5.56 Å².